The number of nitrogens with zero attached hydrogens (tertiary/aromatic N) is 1. The van der Waals surface area contributed by atoms with Crippen LogP contribution in [-0.4, -0.2) is 34.1 Å². The van der Waals surface area contributed by atoms with Gasteiger partial charge in [-0.05, 0) is 0 Å². The molecule has 7 heteroatoms. The van der Waals surface area contributed by atoms with Gasteiger partial charge in [0.05, 0.1) is 0 Å². The minimum absolute atomic E-state index is 0.179. The Morgan fingerprint density at radius 1 is 1.59 bits per heavy atom. The summed E-state index contributed by atoms with van der Waals surface area (Å²) in [7, 11) is -3.79. The van der Waals surface area contributed by atoms with E-state index in [4.69, 9.17) is 5.73 Å². The van der Waals surface area contributed by atoms with Gasteiger partial charge in [0.25, 0.3) is 0 Å². The van der Waals surface area contributed by atoms with Crippen LogP contribution in [0.15, 0.2) is 11.5 Å². The van der Waals surface area contributed by atoms with Crippen molar-refractivity contribution in [2.75, 3.05) is 19.4 Å². The quantitative estimate of drug-likeness (QED) is 0.585. The van der Waals surface area contributed by atoms with E-state index in [9.17, 15) is 9.79 Å². The number of allylic oxidation sites excluding steroid dienone is 1. The minimum atomic E-state index is -3.79. The first-order valence-corrected chi connectivity index (χ1v) is 9.03. The van der Waals surface area contributed by atoms with E-state index in [0.29, 0.717) is 6.54 Å². The molecule has 1 aromatic rings. The zero-order valence-corrected chi connectivity index (χ0v) is 11.8. The molecule has 5 N–H and O–H groups in total. The van der Waals surface area contributed by atoms with Crippen molar-refractivity contribution in [1.29, 1.82) is 0 Å². The van der Waals surface area contributed by atoms with Crippen LogP contribution < -0.4 is 10.8 Å². The molecule has 0 radical (unpaired) electrons. The van der Waals surface area contributed by atoms with E-state index in [2.05, 4.69) is 10.1 Å². The predicted molar refractivity (Wildman–Crippen MR) is 74.9 cm³/mol. The standard InChI is InChI=1S/C10H20N3O2PS/c1-3-4-9-8-17-10(13-9)7-12-16(2,14,15)6-5-11/h3-4,8,12,14-15H,5-7,11H2,1-2H3/b4-3-. The molecule has 0 aromatic carbocycles. The number of rotatable bonds is 6. The fourth-order valence-corrected chi connectivity index (χ4v) is 3.46. The second-order valence-electron chi connectivity index (χ2n) is 4.18. The molecule has 1 heterocycles. The Kier molecular flexibility index (Phi) is 4.77. The molecular weight excluding hydrogens is 257 g/mol. The summed E-state index contributed by atoms with van der Waals surface area (Å²) in [5, 5.41) is 5.55. The summed E-state index contributed by atoms with van der Waals surface area (Å²) in [5.41, 5.74) is 6.25. The van der Waals surface area contributed by atoms with Gasteiger partial charge in [-0.15, -0.1) is 0 Å². The third-order valence-corrected chi connectivity index (χ3v) is 5.39. The number of aromatic nitrogens is 1. The normalized spacial score (nSPS) is 15.0. The van der Waals surface area contributed by atoms with E-state index in [-0.39, 0.29) is 12.7 Å². The van der Waals surface area contributed by atoms with Gasteiger partial charge in [-0.3, -0.25) is 0 Å². The number of nitrogens with two attached hydrogens (primary N) is 1. The van der Waals surface area contributed by atoms with Crippen molar-refractivity contribution in [2.45, 2.75) is 13.5 Å². The first kappa shape index (κ1) is 14.7. The first-order chi connectivity index (χ1) is 7.84. The Morgan fingerprint density at radius 3 is 2.88 bits per heavy atom. The molecule has 0 amide bonds. The summed E-state index contributed by atoms with van der Waals surface area (Å²) in [6.07, 6.45) is 4.00. The Labute approximate surface area is 106 Å². The van der Waals surface area contributed by atoms with Crippen LogP contribution in [0, 0.1) is 0 Å². The second kappa shape index (κ2) is 5.52. The van der Waals surface area contributed by atoms with Crippen molar-refractivity contribution in [3.8, 4) is 0 Å². The molecule has 0 unspecified atom stereocenters. The van der Waals surface area contributed by atoms with Gasteiger partial charge in [-0.1, -0.05) is 0 Å². The van der Waals surface area contributed by atoms with Crippen LogP contribution >= 0.6 is 18.5 Å². The fourth-order valence-electron chi connectivity index (χ4n) is 1.32. The molecule has 5 nitrogen and oxygen atoms in total. The molecule has 0 aliphatic carbocycles. The predicted octanol–water partition coefficient (Wildman–Crippen LogP) is 1.14. The Hall–Kier alpha value is -0.360. The summed E-state index contributed by atoms with van der Waals surface area (Å²) < 4.78 is 0. The topological polar surface area (TPSA) is 91.4 Å². The van der Waals surface area contributed by atoms with Crippen LogP contribution in [0.25, 0.3) is 6.08 Å². The summed E-state index contributed by atoms with van der Waals surface area (Å²) in [4.78, 5) is 24.3. The Balaban J connectivity index is 2.60. The first-order valence-electron chi connectivity index (χ1n) is 5.38. The van der Waals surface area contributed by atoms with Crippen LogP contribution in [0.4, 0.5) is 0 Å². The van der Waals surface area contributed by atoms with Gasteiger partial charge < -0.3 is 0 Å². The monoisotopic (exact) mass is 277 g/mol. The van der Waals surface area contributed by atoms with E-state index >= 15 is 0 Å². The van der Waals surface area contributed by atoms with Gasteiger partial charge in [0.15, 0.2) is 0 Å². The molecule has 0 bridgehead atoms. The van der Waals surface area contributed by atoms with Gasteiger partial charge in [0, 0.05) is 0 Å². The summed E-state index contributed by atoms with van der Waals surface area (Å²) in [6, 6.07) is 0. The van der Waals surface area contributed by atoms with Gasteiger partial charge in [-0.25, -0.2) is 0 Å². The van der Waals surface area contributed by atoms with E-state index in [1.165, 1.54) is 18.0 Å². The molecule has 0 saturated carbocycles. The van der Waals surface area contributed by atoms with Crippen LogP contribution in [0.2, 0.25) is 0 Å². The van der Waals surface area contributed by atoms with Gasteiger partial charge >= 0.3 is 105 Å². The zero-order chi connectivity index (χ0) is 13.0. The number of hydrogen-bond acceptors (Lipinski definition) is 6. The number of hydrogen-bond donors (Lipinski definition) is 4. The van der Waals surface area contributed by atoms with E-state index in [0.717, 1.165) is 10.7 Å². The molecular formula is C10H20N3O2PS. The SMILES string of the molecule is C/C=C\c1csc(CNP(C)(O)(O)CCN)n1. The second-order valence-corrected chi connectivity index (χ2v) is 9.23. The van der Waals surface area contributed by atoms with Crippen molar-refractivity contribution < 1.29 is 9.79 Å². The number of thiazole rings is 1. The van der Waals surface area contributed by atoms with Gasteiger partial charge in [-0.2, -0.15) is 0 Å². The molecule has 0 spiro atoms. The third-order valence-electron chi connectivity index (χ3n) is 2.21. The molecule has 0 saturated heterocycles. The Bertz CT molecular complexity index is 398. The molecule has 0 aliphatic rings. The van der Waals surface area contributed by atoms with Crippen molar-refractivity contribution in [1.82, 2.24) is 10.1 Å². The average molecular weight is 277 g/mol. The van der Waals surface area contributed by atoms with Crippen LogP contribution in [-0.2, 0) is 6.54 Å². The van der Waals surface area contributed by atoms with Crippen LogP contribution in [0.5, 0.6) is 0 Å². The average Bonchev–Trinajstić information content (AvgIpc) is 2.63. The fraction of sp³-hybridized carbons (Fsp3) is 0.500. The molecule has 17 heavy (non-hydrogen) atoms. The van der Waals surface area contributed by atoms with Crippen molar-refractivity contribution >= 4 is 24.6 Å². The van der Waals surface area contributed by atoms with Crippen LogP contribution in [0.3, 0.4) is 0 Å². The molecule has 0 fully saturated rings. The molecule has 98 valence electrons. The van der Waals surface area contributed by atoms with Gasteiger partial charge in [0.2, 0.25) is 0 Å². The molecule has 0 atom stereocenters. The maximum atomic E-state index is 10.0. The molecule has 0 aliphatic heterocycles. The van der Waals surface area contributed by atoms with Crippen LogP contribution in [0.1, 0.15) is 17.6 Å². The number of nitrogens with one attached hydrogen (secondary N) is 1. The zero-order valence-electron chi connectivity index (χ0n) is 10.1. The van der Waals surface area contributed by atoms with E-state index in [1.807, 2.05) is 24.5 Å². The Morgan fingerprint density at radius 2 is 2.29 bits per heavy atom. The van der Waals surface area contributed by atoms with E-state index < -0.39 is 7.21 Å². The molecule has 1 aromatic heterocycles. The summed E-state index contributed by atoms with van der Waals surface area (Å²) in [6.45, 7) is 3.96. The third kappa shape index (κ3) is 5.21. The van der Waals surface area contributed by atoms with Crippen molar-refractivity contribution in [3.63, 3.8) is 0 Å². The summed E-state index contributed by atoms with van der Waals surface area (Å²) >= 11 is 1.49. The maximum absolute atomic E-state index is 10.0. The summed E-state index contributed by atoms with van der Waals surface area (Å²) in [5.74, 6) is 0. The van der Waals surface area contributed by atoms with E-state index in [1.54, 1.807) is 0 Å². The van der Waals surface area contributed by atoms with Gasteiger partial charge in [0.1, 0.15) is 0 Å². The molecule has 1 rings (SSSR count). The van der Waals surface area contributed by atoms with Crippen molar-refractivity contribution in [2.24, 2.45) is 5.73 Å². The van der Waals surface area contributed by atoms with Crippen molar-refractivity contribution in [3.05, 3.63) is 22.2 Å².